The van der Waals surface area contributed by atoms with Gasteiger partial charge in [0.1, 0.15) is 12.2 Å². The zero-order chi connectivity index (χ0) is 19.8. The minimum absolute atomic E-state index is 0.0215. The van der Waals surface area contributed by atoms with Crippen molar-refractivity contribution < 1.29 is 28.6 Å². The van der Waals surface area contributed by atoms with E-state index in [2.05, 4.69) is 0 Å². The number of likely N-dealkylation sites (tertiary alicyclic amines) is 2. The lowest BCUT2D eigenvalue weighted by Gasteiger charge is -2.38. The number of hydrogen-bond acceptors (Lipinski definition) is 6. The van der Waals surface area contributed by atoms with Crippen LogP contribution in [0.4, 0.5) is 4.79 Å². The lowest BCUT2D eigenvalue weighted by Crippen LogP contribution is -2.48. The molecule has 8 heteroatoms. The smallest absolute Gasteiger partial charge is 0.410 e. The Kier molecular flexibility index (Phi) is 5.20. The minimum Gasteiger partial charge on any atom is -0.456 e. The number of rotatable bonds is 3. The Hall–Kier alpha value is -2.09. The minimum atomic E-state index is -0.536. The molecule has 0 aromatic carbocycles. The van der Waals surface area contributed by atoms with Crippen molar-refractivity contribution >= 4 is 18.0 Å². The standard InChI is InChI=1S/C19H28N2O6/c1-18(2,3)27-17(24)20-8-5-19(6-9-20)7-10-21(16(19)23)14-12-26-15(22)13(14)11-25-4/h5-12H2,1-4H3. The third-order valence-electron chi connectivity index (χ3n) is 5.43. The molecule has 3 rings (SSSR count). The summed E-state index contributed by atoms with van der Waals surface area (Å²) in [5, 5.41) is 0. The molecule has 2 amide bonds. The molecular weight excluding hydrogens is 352 g/mol. The molecule has 3 aliphatic rings. The van der Waals surface area contributed by atoms with E-state index in [1.165, 1.54) is 7.11 Å². The maximum absolute atomic E-state index is 13.2. The van der Waals surface area contributed by atoms with Crippen LogP contribution in [0.25, 0.3) is 0 Å². The van der Waals surface area contributed by atoms with Crippen molar-refractivity contribution in [1.29, 1.82) is 0 Å². The SMILES string of the molecule is COCC1=C(N2CCC3(CCN(C(=O)OC(C)(C)C)CC3)C2=O)COC1=O. The van der Waals surface area contributed by atoms with Gasteiger partial charge in [-0.15, -0.1) is 0 Å². The predicted octanol–water partition coefficient (Wildman–Crippen LogP) is 1.69. The first kappa shape index (κ1) is 19.7. The second-order valence-electron chi connectivity index (χ2n) is 8.39. The molecule has 2 saturated heterocycles. The van der Waals surface area contributed by atoms with Crippen LogP contribution in [0.2, 0.25) is 0 Å². The van der Waals surface area contributed by atoms with Crippen molar-refractivity contribution in [2.24, 2.45) is 5.41 Å². The third-order valence-corrected chi connectivity index (χ3v) is 5.43. The first-order valence-corrected chi connectivity index (χ1v) is 9.35. The van der Waals surface area contributed by atoms with Crippen LogP contribution >= 0.6 is 0 Å². The Bertz CT molecular complexity index is 670. The van der Waals surface area contributed by atoms with E-state index in [0.717, 1.165) is 0 Å². The maximum Gasteiger partial charge on any atom is 0.410 e. The van der Waals surface area contributed by atoms with Gasteiger partial charge in [-0.05, 0) is 40.0 Å². The zero-order valence-electron chi connectivity index (χ0n) is 16.5. The number of piperidine rings is 1. The average molecular weight is 380 g/mol. The number of ether oxygens (including phenoxy) is 3. The number of cyclic esters (lactones) is 1. The molecule has 8 nitrogen and oxygen atoms in total. The highest BCUT2D eigenvalue weighted by molar-refractivity contribution is 5.95. The van der Waals surface area contributed by atoms with Crippen LogP contribution in [0, 0.1) is 5.41 Å². The first-order valence-electron chi connectivity index (χ1n) is 9.35. The Morgan fingerprint density at radius 2 is 1.78 bits per heavy atom. The van der Waals surface area contributed by atoms with E-state index in [1.54, 1.807) is 9.80 Å². The number of methoxy groups -OCH3 is 1. The van der Waals surface area contributed by atoms with Crippen LogP contribution < -0.4 is 0 Å². The van der Waals surface area contributed by atoms with Crippen molar-refractivity contribution in [3.8, 4) is 0 Å². The van der Waals surface area contributed by atoms with E-state index in [0.29, 0.717) is 50.2 Å². The second kappa shape index (κ2) is 7.14. The van der Waals surface area contributed by atoms with Crippen molar-refractivity contribution in [2.75, 3.05) is 40.0 Å². The van der Waals surface area contributed by atoms with E-state index < -0.39 is 17.0 Å². The summed E-state index contributed by atoms with van der Waals surface area (Å²) >= 11 is 0. The van der Waals surface area contributed by atoms with E-state index in [4.69, 9.17) is 14.2 Å². The van der Waals surface area contributed by atoms with Crippen molar-refractivity contribution in [1.82, 2.24) is 9.80 Å². The Balaban J connectivity index is 1.67. The van der Waals surface area contributed by atoms with Crippen LogP contribution in [0.1, 0.15) is 40.0 Å². The van der Waals surface area contributed by atoms with Gasteiger partial charge in [0.2, 0.25) is 5.91 Å². The van der Waals surface area contributed by atoms with Gasteiger partial charge < -0.3 is 24.0 Å². The fraction of sp³-hybridized carbons (Fsp3) is 0.737. The molecule has 3 heterocycles. The second-order valence-corrected chi connectivity index (χ2v) is 8.39. The summed E-state index contributed by atoms with van der Waals surface area (Å²) in [4.78, 5) is 40.7. The summed E-state index contributed by atoms with van der Waals surface area (Å²) < 4.78 is 15.6. The quantitative estimate of drug-likeness (QED) is 0.693. The monoisotopic (exact) mass is 380 g/mol. The lowest BCUT2D eigenvalue weighted by molar-refractivity contribution is -0.138. The predicted molar refractivity (Wildman–Crippen MR) is 95.7 cm³/mol. The normalized spacial score (nSPS) is 22.7. The number of esters is 1. The molecule has 150 valence electrons. The van der Waals surface area contributed by atoms with Gasteiger partial charge in [-0.1, -0.05) is 0 Å². The van der Waals surface area contributed by atoms with Gasteiger partial charge in [-0.3, -0.25) is 4.79 Å². The summed E-state index contributed by atoms with van der Waals surface area (Å²) in [5.74, 6) is -0.395. The average Bonchev–Trinajstić information content (AvgIpc) is 3.09. The summed E-state index contributed by atoms with van der Waals surface area (Å²) in [6.45, 7) is 7.31. The van der Waals surface area contributed by atoms with Gasteiger partial charge in [0, 0.05) is 26.7 Å². The van der Waals surface area contributed by atoms with Gasteiger partial charge in [-0.2, -0.15) is 0 Å². The highest BCUT2D eigenvalue weighted by Crippen LogP contribution is 2.43. The molecule has 0 atom stereocenters. The Morgan fingerprint density at radius 3 is 2.37 bits per heavy atom. The molecule has 27 heavy (non-hydrogen) atoms. The zero-order valence-corrected chi connectivity index (χ0v) is 16.5. The molecule has 3 aliphatic heterocycles. The number of hydrogen-bond donors (Lipinski definition) is 0. The summed E-state index contributed by atoms with van der Waals surface area (Å²) in [7, 11) is 1.51. The van der Waals surface area contributed by atoms with Gasteiger partial charge >= 0.3 is 12.1 Å². The van der Waals surface area contributed by atoms with Crippen molar-refractivity contribution in [3.63, 3.8) is 0 Å². The number of nitrogens with zero attached hydrogens (tertiary/aromatic N) is 2. The van der Waals surface area contributed by atoms with Gasteiger partial charge in [0.05, 0.1) is 23.3 Å². The highest BCUT2D eigenvalue weighted by atomic mass is 16.6. The molecule has 0 aliphatic carbocycles. The molecule has 0 aromatic rings. The summed E-state index contributed by atoms with van der Waals surface area (Å²) in [5.41, 5.74) is 0.0354. The molecular formula is C19H28N2O6. The van der Waals surface area contributed by atoms with Crippen LogP contribution in [0.5, 0.6) is 0 Å². The fourth-order valence-corrected chi connectivity index (χ4v) is 3.94. The van der Waals surface area contributed by atoms with Gasteiger partial charge in [0.25, 0.3) is 0 Å². The van der Waals surface area contributed by atoms with E-state index in [-0.39, 0.29) is 25.2 Å². The molecule has 0 aromatic heterocycles. The Labute approximate surface area is 159 Å². The third kappa shape index (κ3) is 3.81. The van der Waals surface area contributed by atoms with E-state index in [1.807, 2.05) is 20.8 Å². The topological polar surface area (TPSA) is 85.4 Å². The largest absolute Gasteiger partial charge is 0.456 e. The van der Waals surface area contributed by atoms with Crippen molar-refractivity contribution in [2.45, 2.75) is 45.6 Å². The van der Waals surface area contributed by atoms with Crippen LogP contribution in [-0.4, -0.2) is 73.3 Å². The molecule has 2 fully saturated rings. The summed E-state index contributed by atoms with van der Waals surface area (Å²) in [6, 6.07) is 0. The molecule has 0 N–H and O–H groups in total. The van der Waals surface area contributed by atoms with Gasteiger partial charge in [0.15, 0.2) is 0 Å². The summed E-state index contributed by atoms with van der Waals surface area (Å²) in [6.07, 6.45) is 1.58. The van der Waals surface area contributed by atoms with E-state index >= 15 is 0 Å². The van der Waals surface area contributed by atoms with Crippen LogP contribution in [-0.2, 0) is 23.8 Å². The fourth-order valence-electron chi connectivity index (χ4n) is 3.94. The van der Waals surface area contributed by atoms with Crippen LogP contribution in [0.15, 0.2) is 11.3 Å². The maximum atomic E-state index is 13.2. The molecule has 1 spiro atoms. The molecule has 0 bridgehead atoms. The van der Waals surface area contributed by atoms with Crippen LogP contribution in [0.3, 0.4) is 0 Å². The van der Waals surface area contributed by atoms with Gasteiger partial charge in [-0.25, -0.2) is 9.59 Å². The first-order chi connectivity index (χ1) is 12.7. The molecule has 0 saturated carbocycles. The highest BCUT2D eigenvalue weighted by Gasteiger charge is 2.51. The Morgan fingerprint density at radius 1 is 1.15 bits per heavy atom. The van der Waals surface area contributed by atoms with Crippen molar-refractivity contribution in [3.05, 3.63) is 11.3 Å². The number of amides is 2. The van der Waals surface area contributed by atoms with E-state index in [9.17, 15) is 14.4 Å². The number of carbonyl (C=O) groups is 3. The lowest BCUT2D eigenvalue weighted by atomic mass is 9.77. The molecule has 0 radical (unpaired) electrons. The number of carbonyl (C=O) groups excluding carboxylic acids is 3. The molecule has 0 unspecified atom stereocenters.